The topological polar surface area (TPSA) is 20.3 Å². The van der Waals surface area contributed by atoms with E-state index in [0.29, 0.717) is 6.54 Å². The van der Waals surface area contributed by atoms with E-state index >= 15 is 0 Å². The summed E-state index contributed by atoms with van der Waals surface area (Å²) in [7, 11) is 0. The molecule has 1 fully saturated rings. The van der Waals surface area contributed by atoms with Gasteiger partial charge in [-0.3, -0.25) is 4.79 Å². The van der Waals surface area contributed by atoms with Gasteiger partial charge < -0.3 is 4.90 Å². The second-order valence-electron chi connectivity index (χ2n) is 5.33. The first kappa shape index (κ1) is 15.4. The summed E-state index contributed by atoms with van der Waals surface area (Å²) in [5.74, 6) is -1.86. The number of benzene rings is 2. The van der Waals surface area contributed by atoms with Crippen molar-refractivity contribution in [1.29, 1.82) is 0 Å². The molecular formula is C17H14F2INO. The second-order valence-corrected chi connectivity index (χ2v) is 6.58. The molecular weight excluding hydrogens is 399 g/mol. The van der Waals surface area contributed by atoms with Crippen molar-refractivity contribution in [1.82, 2.24) is 4.90 Å². The fourth-order valence-electron chi connectivity index (χ4n) is 2.86. The molecule has 1 heterocycles. The smallest absolute Gasteiger partial charge is 0.257 e. The molecule has 0 N–H and O–H groups in total. The van der Waals surface area contributed by atoms with Crippen LogP contribution in [0.3, 0.4) is 0 Å². The highest BCUT2D eigenvalue weighted by Crippen LogP contribution is 2.33. The van der Waals surface area contributed by atoms with Gasteiger partial charge in [-0.25, -0.2) is 8.78 Å². The number of nitrogens with zero attached hydrogens (tertiary/aromatic N) is 1. The van der Waals surface area contributed by atoms with Gasteiger partial charge >= 0.3 is 0 Å². The van der Waals surface area contributed by atoms with Crippen LogP contribution in [-0.2, 0) is 0 Å². The summed E-state index contributed by atoms with van der Waals surface area (Å²) >= 11 is 2.23. The van der Waals surface area contributed by atoms with E-state index in [4.69, 9.17) is 0 Å². The molecule has 5 heteroatoms. The Morgan fingerprint density at radius 2 is 1.86 bits per heavy atom. The van der Waals surface area contributed by atoms with Gasteiger partial charge in [0, 0.05) is 16.2 Å². The highest BCUT2D eigenvalue weighted by atomic mass is 127. The maximum atomic E-state index is 13.8. The van der Waals surface area contributed by atoms with Crippen LogP contribution >= 0.6 is 22.6 Å². The molecule has 22 heavy (non-hydrogen) atoms. The Morgan fingerprint density at radius 3 is 2.55 bits per heavy atom. The van der Waals surface area contributed by atoms with Crippen LogP contribution in [-0.4, -0.2) is 17.4 Å². The molecule has 0 radical (unpaired) electrons. The molecule has 2 nitrogen and oxygen atoms in total. The third kappa shape index (κ3) is 2.99. The van der Waals surface area contributed by atoms with Crippen molar-refractivity contribution in [2.45, 2.75) is 18.9 Å². The first-order chi connectivity index (χ1) is 10.6. The minimum Gasteiger partial charge on any atom is -0.332 e. The lowest BCUT2D eigenvalue weighted by Gasteiger charge is -2.25. The van der Waals surface area contributed by atoms with Gasteiger partial charge in [-0.05, 0) is 65.3 Å². The van der Waals surface area contributed by atoms with Gasteiger partial charge in [0.25, 0.3) is 5.91 Å². The Hall–Kier alpha value is -1.50. The molecule has 0 bridgehead atoms. The monoisotopic (exact) mass is 413 g/mol. The molecule has 1 amide bonds. The van der Waals surface area contributed by atoms with E-state index in [-0.39, 0.29) is 17.5 Å². The number of rotatable bonds is 2. The van der Waals surface area contributed by atoms with E-state index in [2.05, 4.69) is 22.6 Å². The van der Waals surface area contributed by atoms with Crippen LogP contribution < -0.4 is 0 Å². The first-order valence-corrected chi connectivity index (χ1v) is 8.15. The number of carbonyl (C=O) groups excluding carboxylic acids is 1. The third-order valence-electron chi connectivity index (χ3n) is 3.93. The van der Waals surface area contributed by atoms with Crippen molar-refractivity contribution in [2.24, 2.45) is 0 Å². The van der Waals surface area contributed by atoms with E-state index in [0.717, 1.165) is 34.1 Å². The van der Waals surface area contributed by atoms with Gasteiger partial charge in [-0.1, -0.05) is 12.1 Å². The van der Waals surface area contributed by atoms with E-state index in [1.54, 1.807) is 4.90 Å². The largest absolute Gasteiger partial charge is 0.332 e. The van der Waals surface area contributed by atoms with Crippen molar-refractivity contribution >= 4 is 28.5 Å². The average Bonchev–Trinajstić information content (AvgIpc) is 2.97. The van der Waals surface area contributed by atoms with E-state index in [1.807, 2.05) is 24.3 Å². The van der Waals surface area contributed by atoms with Crippen LogP contribution in [0.5, 0.6) is 0 Å². The highest BCUT2D eigenvalue weighted by Gasteiger charge is 2.31. The molecule has 114 valence electrons. The van der Waals surface area contributed by atoms with Crippen LogP contribution in [0.15, 0.2) is 42.5 Å². The predicted molar refractivity (Wildman–Crippen MR) is 88.5 cm³/mol. The zero-order valence-corrected chi connectivity index (χ0v) is 13.9. The van der Waals surface area contributed by atoms with Gasteiger partial charge in [0.05, 0.1) is 11.6 Å². The predicted octanol–water partition coefficient (Wildman–Crippen LogP) is 4.55. The number of likely N-dealkylation sites (tertiary alicyclic amines) is 1. The number of hydrogen-bond acceptors (Lipinski definition) is 1. The molecule has 1 aliphatic heterocycles. The van der Waals surface area contributed by atoms with Gasteiger partial charge in [-0.15, -0.1) is 0 Å². The van der Waals surface area contributed by atoms with Gasteiger partial charge in [0.15, 0.2) is 0 Å². The molecule has 3 rings (SSSR count). The number of amides is 1. The van der Waals surface area contributed by atoms with E-state index in [9.17, 15) is 13.6 Å². The molecule has 0 aliphatic carbocycles. The fraction of sp³-hybridized carbons (Fsp3) is 0.235. The lowest BCUT2D eigenvalue weighted by Crippen LogP contribution is -2.31. The summed E-state index contributed by atoms with van der Waals surface area (Å²) < 4.78 is 28.0. The summed E-state index contributed by atoms with van der Waals surface area (Å²) in [4.78, 5) is 14.3. The molecule has 0 saturated carbocycles. The van der Waals surface area contributed by atoms with Crippen LogP contribution in [0.25, 0.3) is 0 Å². The molecule has 0 spiro atoms. The average molecular weight is 413 g/mol. The zero-order valence-electron chi connectivity index (χ0n) is 11.7. The van der Waals surface area contributed by atoms with Gasteiger partial charge in [0.2, 0.25) is 0 Å². The minimum atomic E-state index is -0.807. The molecule has 1 aliphatic rings. The number of carbonyl (C=O) groups is 1. The number of halogens is 3. The molecule has 1 saturated heterocycles. The maximum absolute atomic E-state index is 13.8. The summed E-state index contributed by atoms with van der Waals surface area (Å²) in [6.07, 6.45) is 1.74. The fourth-order valence-corrected chi connectivity index (χ4v) is 3.22. The zero-order chi connectivity index (χ0) is 15.7. The Morgan fingerprint density at radius 1 is 1.14 bits per heavy atom. The second kappa shape index (κ2) is 6.32. The number of hydrogen-bond donors (Lipinski definition) is 0. The van der Waals surface area contributed by atoms with Crippen molar-refractivity contribution in [3.63, 3.8) is 0 Å². The van der Waals surface area contributed by atoms with Gasteiger partial charge in [0.1, 0.15) is 11.6 Å². The molecule has 2 aromatic rings. The first-order valence-electron chi connectivity index (χ1n) is 7.08. The van der Waals surface area contributed by atoms with Crippen molar-refractivity contribution in [3.8, 4) is 0 Å². The van der Waals surface area contributed by atoms with Crippen molar-refractivity contribution in [3.05, 3.63) is 68.8 Å². The minimum absolute atomic E-state index is 0.0473. The van der Waals surface area contributed by atoms with Crippen LogP contribution in [0.1, 0.15) is 34.8 Å². The molecule has 1 atom stereocenters. The Kier molecular flexibility index (Phi) is 4.42. The summed E-state index contributed by atoms with van der Waals surface area (Å²) in [6, 6.07) is 11.0. The lowest BCUT2D eigenvalue weighted by molar-refractivity contribution is 0.0731. The Labute approximate surface area is 141 Å². The summed E-state index contributed by atoms with van der Waals surface area (Å²) in [6.45, 7) is 0.590. The maximum Gasteiger partial charge on any atom is 0.257 e. The standard InChI is InChI=1S/C17H14F2INO/c18-12-5-8-14(15(19)10-12)17(22)21-9-1-2-16(21)11-3-6-13(20)7-4-11/h3-8,10,16H,1-2,9H2/t16-/m1/s1. The lowest BCUT2D eigenvalue weighted by atomic mass is 10.0. The Bertz CT molecular complexity index is 702. The van der Waals surface area contributed by atoms with E-state index < -0.39 is 11.6 Å². The van der Waals surface area contributed by atoms with Crippen molar-refractivity contribution < 1.29 is 13.6 Å². The summed E-state index contributed by atoms with van der Waals surface area (Å²) in [5, 5.41) is 0. The molecule has 0 aromatic heterocycles. The molecule has 0 unspecified atom stereocenters. The third-order valence-corrected chi connectivity index (χ3v) is 4.65. The Balaban J connectivity index is 1.89. The van der Waals surface area contributed by atoms with Crippen LogP contribution in [0, 0.1) is 15.2 Å². The van der Waals surface area contributed by atoms with Gasteiger partial charge in [-0.2, -0.15) is 0 Å². The van der Waals surface area contributed by atoms with E-state index in [1.165, 1.54) is 6.07 Å². The van der Waals surface area contributed by atoms with Crippen LogP contribution in [0.2, 0.25) is 0 Å². The molecule has 2 aromatic carbocycles. The quantitative estimate of drug-likeness (QED) is 0.662. The normalized spacial score (nSPS) is 17.8. The van der Waals surface area contributed by atoms with Crippen LogP contribution in [0.4, 0.5) is 8.78 Å². The summed E-state index contributed by atoms with van der Waals surface area (Å²) in [5.41, 5.74) is 0.979. The highest BCUT2D eigenvalue weighted by molar-refractivity contribution is 14.1. The SMILES string of the molecule is O=C(c1ccc(F)cc1F)N1CCC[C@@H]1c1ccc(I)cc1. The van der Waals surface area contributed by atoms with Crippen molar-refractivity contribution in [2.75, 3.05) is 6.54 Å².